The van der Waals surface area contributed by atoms with Gasteiger partial charge in [-0.3, -0.25) is 0 Å². The first-order valence-electron chi connectivity index (χ1n) is 3.81. The van der Waals surface area contributed by atoms with E-state index in [2.05, 4.69) is 4.29 Å². The standard InChI is InChI=1S/C9H3Cl5O2/c10-5-3-1-2-4(7(5)11)6(8(12)13)9(15)16-14/h1-3H. The smallest absolute Gasteiger partial charge is 0.343 e. The number of carbonyl (C=O) groups is 1. The maximum atomic E-state index is 11.3. The Morgan fingerprint density at radius 2 is 1.81 bits per heavy atom. The van der Waals surface area contributed by atoms with E-state index in [4.69, 9.17) is 58.3 Å². The van der Waals surface area contributed by atoms with Crippen LogP contribution in [0.4, 0.5) is 0 Å². The largest absolute Gasteiger partial charge is 0.359 e. The Kier molecular flexibility index (Phi) is 5.22. The van der Waals surface area contributed by atoms with Gasteiger partial charge >= 0.3 is 5.97 Å². The van der Waals surface area contributed by atoms with Gasteiger partial charge in [0.1, 0.15) is 21.9 Å². The van der Waals surface area contributed by atoms with Crippen LogP contribution in [0.1, 0.15) is 5.56 Å². The predicted octanol–water partition coefficient (Wildman–Crippen LogP) is 4.84. The molecule has 7 heteroatoms. The summed E-state index contributed by atoms with van der Waals surface area (Å²) in [6.45, 7) is 0. The number of benzene rings is 1. The molecule has 0 saturated carbocycles. The van der Waals surface area contributed by atoms with E-state index in [1.807, 2.05) is 0 Å². The fourth-order valence-corrected chi connectivity index (χ4v) is 1.85. The maximum Gasteiger partial charge on any atom is 0.359 e. The fourth-order valence-electron chi connectivity index (χ4n) is 1.02. The van der Waals surface area contributed by atoms with Gasteiger partial charge in [-0.15, -0.1) is 0 Å². The summed E-state index contributed by atoms with van der Waals surface area (Å²) in [7, 11) is 0. The summed E-state index contributed by atoms with van der Waals surface area (Å²) in [6.07, 6.45) is 0. The fraction of sp³-hybridized carbons (Fsp3) is 0. The summed E-state index contributed by atoms with van der Waals surface area (Å²) in [5, 5.41) is 0.397. The molecule has 1 aromatic rings. The highest BCUT2D eigenvalue weighted by atomic mass is 35.5. The molecule has 0 amide bonds. The molecule has 0 saturated heterocycles. The first-order valence-corrected chi connectivity index (χ1v) is 5.63. The van der Waals surface area contributed by atoms with E-state index in [0.29, 0.717) is 0 Å². The van der Waals surface area contributed by atoms with Crippen LogP contribution in [0.3, 0.4) is 0 Å². The van der Waals surface area contributed by atoms with Crippen molar-refractivity contribution in [3.8, 4) is 0 Å². The minimum Gasteiger partial charge on any atom is -0.343 e. The quantitative estimate of drug-likeness (QED) is 0.729. The van der Waals surface area contributed by atoms with Crippen molar-refractivity contribution in [2.24, 2.45) is 0 Å². The van der Waals surface area contributed by atoms with Gasteiger partial charge in [-0.25, -0.2) is 4.79 Å². The van der Waals surface area contributed by atoms with Crippen LogP contribution in [-0.2, 0) is 9.08 Å². The lowest BCUT2D eigenvalue weighted by atomic mass is 10.1. The second-order valence-corrected chi connectivity index (χ2v) is 4.49. The van der Waals surface area contributed by atoms with Gasteiger partial charge in [-0.2, -0.15) is 0 Å². The Balaban J connectivity index is 3.40. The molecule has 0 unspecified atom stereocenters. The topological polar surface area (TPSA) is 26.3 Å². The molecule has 0 aromatic heterocycles. The summed E-state index contributed by atoms with van der Waals surface area (Å²) in [5.74, 6) is -0.911. The third-order valence-corrected chi connectivity index (χ3v) is 3.02. The number of halogens is 5. The van der Waals surface area contributed by atoms with Gasteiger partial charge in [0.15, 0.2) is 0 Å². The average molecular weight is 320 g/mol. The first-order chi connectivity index (χ1) is 7.49. The summed E-state index contributed by atoms with van der Waals surface area (Å²) < 4.78 is 3.72. The molecule has 0 fully saturated rings. The Morgan fingerprint density at radius 1 is 1.19 bits per heavy atom. The van der Waals surface area contributed by atoms with Crippen LogP contribution < -0.4 is 0 Å². The number of hydrogen-bond donors (Lipinski definition) is 0. The van der Waals surface area contributed by atoms with E-state index < -0.39 is 5.97 Å². The summed E-state index contributed by atoms with van der Waals surface area (Å²) in [5.41, 5.74) is 0.102. The normalized spacial score (nSPS) is 9.81. The summed E-state index contributed by atoms with van der Waals surface area (Å²) in [6, 6.07) is 4.66. The Hall–Kier alpha value is -0.120. The highest BCUT2D eigenvalue weighted by molar-refractivity contribution is 6.61. The van der Waals surface area contributed by atoms with Crippen molar-refractivity contribution in [3.63, 3.8) is 0 Å². The SMILES string of the molecule is O=C(OCl)C(=C(Cl)Cl)c1cccc(Cl)c1Cl. The second-order valence-electron chi connectivity index (χ2n) is 2.60. The number of carbonyl (C=O) groups excluding carboxylic acids is 1. The molecule has 0 N–H and O–H groups in total. The minimum absolute atomic E-state index is 0.139. The molecular weight excluding hydrogens is 317 g/mol. The molecule has 2 nitrogen and oxygen atoms in total. The van der Waals surface area contributed by atoms with Gasteiger partial charge in [0, 0.05) is 5.56 Å². The van der Waals surface area contributed by atoms with E-state index >= 15 is 0 Å². The minimum atomic E-state index is -0.911. The van der Waals surface area contributed by atoms with Crippen LogP contribution in [0.15, 0.2) is 22.7 Å². The van der Waals surface area contributed by atoms with Gasteiger partial charge in [-0.1, -0.05) is 58.5 Å². The second kappa shape index (κ2) is 5.99. The molecule has 0 aliphatic rings. The van der Waals surface area contributed by atoms with Gasteiger partial charge < -0.3 is 4.29 Å². The molecule has 0 bridgehead atoms. The summed E-state index contributed by atoms with van der Waals surface area (Å²) >= 11 is 27.8. The molecule has 86 valence electrons. The highest BCUT2D eigenvalue weighted by Crippen LogP contribution is 2.34. The molecule has 1 aromatic carbocycles. The molecule has 16 heavy (non-hydrogen) atoms. The Morgan fingerprint density at radius 3 is 2.31 bits per heavy atom. The van der Waals surface area contributed by atoms with Crippen molar-refractivity contribution >= 4 is 69.8 Å². The van der Waals surface area contributed by atoms with Crippen molar-refractivity contribution in [3.05, 3.63) is 38.3 Å². The van der Waals surface area contributed by atoms with Crippen molar-refractivity contribution in [1.82, 2.24) is 0 Å². The van der Waals surface area contributed by atoms with Crippen molar-refractivity contribution < 1.29 is 9.08 Å². The average Bonchev–Trinajstić information content (AvgIpc) is 2.24. The van der Waals surface area contributed by atoms with Crippen molar-refractivity contribution in [1.29, 1.82) is 0 Å². The van der Waals surface area contributed by atoms with E-state index in [0.717, 1.165) is 0 Å². The van der Waals surface area contributed by atoms with Crippen molar-refractivity contribution in [2.75, 3.05) is 0 Å². The molecule has 0 aliphatic carbocycles. The van der Waals surface area contributed by atoms with Crippen LogP contribution in [0.2, 0.25) is 10.0 Å². The van der Waals surface area contributed by atoms with E-state index in [-0.39, 0.29) is 25.7 Å². The maximum absolute atomic E-state index is 11.3. The van der Waals surface area contributed by atoms with Crippen LogP contribution in [0.5, 0.6) is 0 Å². The predicted molar refractivity (Wildman–Crippen MR) is 67.0 cm³/mol. The van der Waals surface area contributed by atoms with E-state index in [1.165, 1.54) is 6.07 Å². The van der Waals surface area contributed by atoms with Crippen LogP contribution in [-0.4, -0.2) is 5.97 Å². The molecule has 0 radical (unpaired) electrons. The molecular formula is C9H3Cl5O2. The lowest BCUT2D eigenvalue weighted by Gasteiger charge is -2.07. The molecule has 1 rings (SSSR count). The lowest BCUT2D eigenvalue weighted by molar-refractivity contribution is -0.127. The van der Waals surface area contributed by atoms with Crippen molar-refractivity contribution in [2.45, 2.75) is 0 Å². The Bertz CT molecular complexity index is 451. The molecule has 0 atom stereocenters. The van der Waals surface area contributed by atoms with Gasteiger partial charge in [-0.05, 0) is 6.07 Å². The molecule has 0 aliphatic heterocycles. The highest BCUT2D eigenvalue weighted by Gasteiger charge is 2.21. The monoisotopic (exact) mass is 318 g/mol. The van der Waals surface area contributed by atoms with Crippen LogP contribution in [0.25, 0.3) is 5.57 Å². The lowest BCUT2D eigenvalue weighted by Crippen LogP contribution is -2.02. The summed E-state index contributed by atoms with van der Waals surface area (Å²) in [4.78, 5) is 11.3. The number of hydrogen-bond acceptors (Lipinski definition) is 2. The van der Waals surface area contributed by atoms with Crippen LogP contribution >= 0.6 is 58.3 Å². The molecule has 0 heterocycles. The zero-order valence-electron chi connectivity index (χ0n) is 7.44. The van der Waals surface area contributed by atoms with Crippen LogP contribution in [0, 0.1) is 0 Å². The molecule has 0 spiro atoms. The third kappa shape index (κ3) is 2.96. The third-order valence-electron chi connectivity index (χ3n) is 1.68. The van der Waals surface area contributed by atoms with Gasteiger partial charge in [0.25, 0.3) is 0 Å². The van der Waals surface area contributed by atoms with E-state index in [1.54, 1.807) is 12.1 Å². The zero-order valence-corrected chi connectivity index (χ0v) is 11.2. The zero-order chi connectivity index (χ0) is 12.3. The van der Waals surface area contributed by atoms with E-state index in [9.17, 15) is 4.79 Å². The first kappa shape index (κ1) is 13.9. The number of rotatable bonds is 2. The van der Waals surface area contributed by atoms with Gasteiger partial charge in [0.2, 0.25) is 0 Å². The van der Waals surface area contributed by atoms with Gasteiger partial charge in [0.05, 0.1) is 10.0 Å². The Labute approximate surface area is 117 Å².